The number of anilines is 1. The molecule has 1 N–H and O–H groups in total. The van der Waals surface area contributed by atoms with Crippen LogP contribution in [-0.4, -0.2) is 75.0 Å². The average molecular weight is 464 g/mol. The van der Waals surface area contributed by atoms with Gasteiger partial charge >= 0.3 is 0 Å². The molecule has 1 aromatic heterocycles. The molecule has 34 heavy (non-hydrogen) atoms. The summed E-state index contributed by atoms with van der Waals surface area (Å²) in [6.45, 7) is 0.926. The largest absolute Gasteiger partial charge is 0.503 e. The van der Waals surface area contributed by atoms with Gasteiger partial charge in [0.1, 0.15) is 0 Å². The number of carbonyl (C=O) groups is 2. The number of likely N-dealkylation sites (N-methyl/N-ethyl adjacent to an activating group) is 1. The lowest BCUT2D eigenvalue weighted by molar-refractivity contribution is -0.129. The number of Topliss-reactive ketones (excluding diaryl/α,β-unsaturated/α-hetero) is 1. The van der Waals surface area contributed by atoms with Crippen molar-refractivity contribution in [1.82, 2.24) is 9.80 Å². The number of carbonyl (C=O) groups excluding carboxylic acids is 2. The predicted octanol–water partition coefficient (Wildman–Crippen LogP) is 3.65. The molecule has 1 amide bonds. The Hall–Kier alpha value is -3.78. The number of rotatable bonds is 8. The van der Waals surface area contributed by atoms with Gasteiger partial charge in [0, 0.05) is 38.3 Å². The fourth-order valence-corrected chi connectivity index (χ4v) is 4.17. The fourth-order valence-electron chi connectivity index (χ4n) is 4.17. The third-order valence-corrected chi connectivity index (χ3v) is 6.01. The van der Waals surface area contributed by atoms with Crippen molar-refractivity contribution in [1.29, 1.82) is 0 Å². The molecule has 178 valence electrons. The molecule has 0 aliphatic carbocycles. The Morgan fingerprint density at radius 1 is 1.12 bits per heavy atom. The van der Waals surface area contributed by atoms with E-state index in [2.05, 4.69) is 0 Å². The van der Waals surface area contributed by atoms with Crippen LogP contribution in [0.3, 0.4) is 0 Å². The molecule has 1 atom stereocenters. The highest BCUT2D eigenvalue weighted by atomic mass is 16.5. The van der Waals surface area contributed by atoms with Crippen molar-refractivity contribution in [3.8, 4) is 5.75 Å². The van der Waals surface area contributed by atoms with Crippen molar-refractivity contribution in [3.05, 3.63) is 71.2 Å². The summed E-state index contributed by atoms with van der Waals surface area (Å²) in [4.78, 5) is 32.2. The van der Waals surface area contributed by atoms with E-state index in [0.29, 0.717) is 29.8 Å². The van der Waals surface area contributed by atoms with E-state index in [1.807, 2.05) is 68.3 Å². The molecule has 0 radical (unpaired) electrons. The van der Waals surface area contributed by atoms with Gasteiger partial charge in [-0.2, -0.15) is 0 Å². The Labute approximate surface area is 198 Å². The summed E-state index contributed by atoms with van der Waals surface area (Å²) in [6, 6.07) is 13.8. The Balaban J connectivity index is 1.79. The number of ketones is 1. The first-order valence-corrected chi connectivity index (χ1v) is 11.0. The smallest absolute Gasteiger partial charge is 0.290 e. The van der Waals surface area contributed by atoms with E-state index in [-0.39, 0.29) is 11.3 Å². The molecule has 0 bridgehead atoms. The molecule has 4 rings (SSSR count). The van der Waals surface area contributed by atoms with Crippen LogP contribution in [0, 0.1) is 0 Å². The van der Waals surface area contributed by atoms with Gasteiger partial charge in [-0.1, -0.05) is 24.3 Å². The van der Waals surface area contributed by atoms with E-state index in [1.165, 1.54) is 12.0 Å². The Morgan fingerprint density at radius 3 is 2.44 bits per heavy atom. The van der Waals surface area contributed by atoms with Gasteiger partial charge in [-0.05, 0) is 43.9 Å². The van der Waals surface area contributed by atoms with Gasteiger partial charge in [0.25, 0.3) is 5.91 Å². The zero-order valence-electron chi connectivity index (χ0n) is 20.0. The lowest BCUT2D eigenvalue weighted by Crippen LogP contribution is -2.36. The standard InChI is InChI=1S/C26H29N3O5/c1-27(2)13-14-29-22(16-9-11-18(12-10-16)28(3)4)21(24(31)26(29)32)23(30)20-15-17-7-6-8-19(33-5)25(17)34-20/h6-12,15,22,31H,13-14H2,1-5H3. The first-order valence-electron chi connectivity index (χ1n) is 11.0. The van der Waals surface area contributed by atoms with Gasteiger partial charge in [-0.25, -0.2) is 0 Å². The third kappa shape index (κ3) is 4.12. The van der Waals surface area contributed by atoms with E-state index in [0.717, 1.165) is 11.3 Å². The molecule has 0 saturated heterocycles. The SMILES string of the molecule is COc1cccc2cc(C(=O)C3=C(O)C(=O)N(CCN(C)C)C3c3ccc(N(C)C)cc3)oc12. The van der Waals surface area contributed by atoms with Crippen LogP contribution >= 0.6 is 0 Å². The zero-order valence-corrected chi connectivity index (χ0v) is 20.0. The molecular formula is C26H29N3O5. The summed E-state index contributed by atoms with van der Waals surface area (Å²) < 4.78 is 11.2. The lowest BCUT2D eigenvalue weighted by atomic mass is 9.94. The number of aliphatic hydroxyl groups excluding tert-OH is 1. The number of aliphatic hydroxyl groups is 1. The Morgan fingerprint density at radius 2 is 1.82 bits per heavy atom. The second kappa shape index (κ2) is 9.23. The van der Waals surface area contributed by atoms with Crippen LogP contribution in [0.15, 0.2) is 64.3 Å². The minimum absolute atomic E-state index is 0.0133. The summed E-state index contributed by atoms with van der Waals surface area (Å²) in [5.41, 5.74) is 2.17. The number of nitrogens with zero attached hydrogens (tertiary/aromatic N) is 3. The first-order chi connectivity index (χ1) is 16.2. The molecule has 1 unspecified atom stereocenters. The maximum Gasteiger partial charge on any atom is 0.290 e. The van der Waals surface area contributed by atoms with E-state index >= 15 is 0 Å². The predicted molar refractivity (Wildman–Crippen MR) is 131 cm³/mol. The molecule has 1 aliphatic rings. The van der Waals surface area contributed by atoms with Crippen molar-refractivity contribution >= 4 is 28.3 Å². The zero-order chi connectivity index (χ0) is 24.6. The van der Waals surface area contributed by atoms with Crippen LogP contribution < -0.4 is 9.64 Å². The van der Waals surface area contributed by atoms with Gasteiger partial charge in [0.05, 0.1) is 18.7 Å². The minimum Gasteiger partial charge on any atom is -0.503 e. The molecule has 8 nitrogen and oxygen atoms in total. The molecule has 0 fully saturated rings. The molecule has 8 heteroatoms. The van der Waals surface area contributed by atoms with Crippen molar-refractivity contribution < 1.29 is 23.8 Å². The normalized spacial score (nSPS) is 16.1. The highest BCUT2D eigenvalue weighted by Gasteiger charge is 2.44. The fraction of sp³-hybridized carbons (Fsp3) is 0.308. The molecule has 0 saturated carbocycles. The maximum absolute atomic E-state index is 13.7. The number of benzene rings is 2. The molecule has 3 aromatic rings. The van der Waals surface area contributed by atoms with Gasteiger partial charge in [-0.3, -0.25) is 9.59 Å². The Kier molecular flexibility index (Phi) is 6.34. The second-order valence-electron chi connectivity index (χ2n) is 8.77. The summed E-state index contributed by atoms with van der Waals surface area (Å²) in [6.07, 6.45) is 0. The van der Waals surface area contributed by atoms with Gasteiger partial charge in [0.15, 0.2) is 22.9 Å². The van der Waals surface area contributed by atoms with Crippen LogP contribution in [0.5, 0.6) is 5.75 Å². The molecular weight excluding hydrogens is 434 g/mol. The van der Waals surface area contributed by atoms with Crippen molar-refractivity contribution in [2.45, 2.75) is 6.04 Å². The monoisotopic (exact) mass is 463 g/mol. The van der Waals surface area contributed by atoms with Crippen LogP contribution in [0.1, 0.15) is 22.2 Å². The van der Waals surface area contributed by atoms with Crippen molar-refractivity contribution in [2.75, 3.05) is 53.3 Å². The second-order valence-corrected chi connectivity index (χ2v) is 8.77. The number of amides is 1. The third-order valence-electron chi connectivity index (χ3n) is 6.01. The van der Waals surface area contributed by atoms with E-state index in [1.54, 1.807) is 18.2 Å². The van der Waals surface area contributed by atoms with Gasteiger partial charge < -0.3 is 29.0 Å². The quantitative estimate of drug-likeness (QED) is 0.511. The molecule has 2 heterocycles. The summed E-state index contributed by atoms with van der Waals surface area (Å²) in [7, 11) is 9.21. The summed E-state index contributed by atoms with van der Waals surface area (Å²) in [5, 5.41) is 11.6. The van der Waals surface area contributed by atoms with Crippen molar-refractivity contribution in [3.63, 3.8) is 0 Å². The Bertz CT molecular complexity index is 1260. The number of furan rings is 1. The summed E-state index contributed by atoms with van der Waals surface area (Å²) >= 11 is 0. The maximum atomic E-state index is 13.7. The highest BCUT2D eigenvalue weighted by Crippen LogP contribution is 2.40. The highest BCUT2D eigenvalue weighted by molar-refractivity contribution is 6.16. The number of hydrogen-bond donors (Lipinski definition) is 1. The van der Waals surface area contributed by atoms with Crippen molar-refractivity contribution in [2.24, 2.45) is 0 Å². The van der Waals surface area contributed by atoms with Crippen LogP contribution in [0.4, 0.5) is 5.69 Å². The topological polar surface area (TPSA) is 86.5 Å². The average Bonchev–Trinajstić information content (AvgIpc) is 3.36. The molecule has 0 spiro atoms. The number of methoxy groups -OCH3 is 1. The number of ether oxygens (including phenoxy) is 1. The molecule has 2 aromatic carbocycles. The number of fused-ring (bicyclic) bond motifs is 1. The van der Waals surface area contributed by atoms with Gasteiger partial charge in [-0.15, -0.1) is 0 Å². The summed E-state index contributed by atoms with van der Waals surface area (Å²) in [5.74, 6) is -1.10. The lowest BCUT2D eigenvalue weighted by Gasteiger charge is -2.28. The van der Waals surface area contributed by atoms with E-state index < -0.39 is 23.5 Å². The van der Waals surface area contributed by atoms with Crippen LogP contribution in [0.25, 0.3) is 11.0 Å². The van der Waals surface area contributed by atoms with Gasteiger partial charge in [0.2, 0.25) is 5.78 Å². The number of para-hydroxylation sites is 1. The van der Waals surface area contributed by atoms with Crippen LogP contribution in [-0.2, 0) is 4.79 Å². The van der Waals surface area contributed by atoms with Crippen LogP contribution in [0.2, 0.25) is 0 Å². The van der Waals surface area contributed by atoms with E-state index in [9.17, 15) is 14.7 Å². The number of hydrogen-bond acceptors (Lipinski definition) is 7. The first kappa shape index (κ1) is 23.4. The molecule has 1 aliphatic heterocycles. The minimum atomic E-state index is -0.730. The van der Waals surface area contributed by atoms with E-state index in [4.69, 9.17) is 9.15 Å².